The van der Waals surface area contributed by atoms with E-state index >= 15 is 0 Å². The second-order valence-electron chi connectivity index (χ2n) is 5.00. The van der Waals surface area contributed by atoms with Crippen LogP contribution in [0.4, 0.5) is 24.8 Å². The minimum atomic E-state index is -4.60. The van der Waals surface area contributed by atoms with Gasteiger partial charge in [0.25, 0.3) is 0 Å². The molecule has 0 bridgehead atoms. The van der Waals surface area contributed by atoms with Gasteiger partial charge in [-0.15, -0.1) is 0 Å². The number of hydrogen-bond acceptors (Lipinski definition) is 6. The summed E-state index contributed by atoms with van der Waals surface area (Å²) in [5, 5.41) is 0. The van der Waals surface area contributed by atoms with Crippen molar-refractivity contribution in [1.29, 1.82) is 0 Å². The lowest BCUT2D eigenvalue weighted by Crippen LogP contribution is -2.52. The number of nitrogens with one attached hydrogen (secondary N) is 1. The lowest BCUT2D eigenvalue weighted by atomic mass is 10.2. The van der Waals surface area contributed by atoms with E-state index < -0.39 is 12.0 Å². The number of aromatic nitrogens is 2. The molecule has 3 N–H and O–H groups in total. The highest BCUT2D eigenvalue weighted by atomic mass is 19.4. The summed E-state index contributed by atoms with van der Waals surface area (Å²) in [6.07, 6.45) is -4.60. The van der Waals surface area contributed by atoms with E-state index in [1.54, 1.807) is 0 Å². The zero-order valence-corrected chi connectivity index (χ0v) is 12.0. The Bertz CT molecular complexity index is 492. The van der Waals surface area contributed by atoms with Crippen molar-refractivity contribution in [1.82, 2.24) is 14.9 Å². The third-order valence-corrected chi connectivity index (χ3v) is 3.61. The van der Waals surface area contributed by atoms with E-state index in [4.69, 9.17) is 5.84 Å². The third kappa shape index (κ3) is 3.53. The van der Waals surface area contributed by atoms with Crippen LogP contribution in [0, 0.1) is 0 Å². The molecule has 0 radical (unpaired) electrons. The first-order valence-electron chi connectivity index (χ1n) is 6.77. The summed E-state index contributed by atoms with van der Waals surface area (Å²) in [7, 11) is 0. The predicted molar refractivity (Wildman–Crippen MR) is 73.8 cm³/mol. The second kappa shape index (κ2) is 6.02. The van der Waals surface area contributed by atoms with Crippen molar-refractivity contribution in [3.05, 3.63) is 11.9 Å². The number of hydrogen-bond donors (Lipinski definition) is 2. The van der Waals surface area contributed by atoms with Crippen LogP contribution in [0.25, 0.3) is 0 Å². The minimum Gasteiger partial charge on any atom is -0.354 e. The lowest BCUT2D eigenvalue weighted by Gasteiger charge is -2.40. The molecule has 1 atom stereocenters. The summed E-state index contributed by atoms with van der Waals surface area (Å²) >= 11 is 0. The zero-order chi connectivity index (χ0) is 15.6. The van der Waals surface area contributed by atoms with E-state index in [9.17, 15) is 13.2 Å². The van der Waals surface area contributed by atoms with E-state index in [-0.39, 0.29) is 17.7 Å². The highest BCUT2D eigenvalue weighted by Gasteiger charge is 2.36. The molecule has 1 aromatic rings. The smallest absolute Gasteiger partial charge is 0.354 e. The molecule has 2 heterocycles. The second-order valence-corrected chi connectivity index (χ2v) is 5.00. The molecule has 6 nitrogen and oxygen atoms in total. The van der Waals surface area contributed by atoms with Gasteiger partial charge in [0.05, 0.1) is 0 Å². The van der Waals surface area contributed by atoms with Gasteiger partial charge in [-0.05, 0) is 13.5 Å². The molecular formula is C12H19F3N6. The molecule has 1 aliphatic rings. The lowest BCUT2D eigenvalue weighted by molar-refractivity contribution is -0.144. The number of rotatable bonds is 3. The monoisotopic (exact) mass is 304 g/mol. The van der Waals surface area contributed by atoms with Crippen LogP contribution in [0.5, 0.6) is 0 Å². The molecular weight excluding hydrogens is 285 g/mol. The highest BCUT2D eigenvalue weighted by molar-refractivity contribution is 5.49. The Balaban J connectivity index is 2.27. The van der Waals surface area contributed by atoms with E-state index in [1.807, 2.05) is 11.8 Å². The van der Waals surface area contributed by atoms with Crippen LogP contribution in [0.2, 0.25) is 0 Å². The highest BCUT2D eigenvalue weighted by Crippen LogP contribution is 2.29. The first kappa shape index (κ1) is 15.8. The fourth-order valence-electron chi connectivity index (χ4n) is 2.47. The summed E-state index contributed by atoms with van der Waals surface area (Å²) in [4.78, 5) is 11.1. The number of nitrogens with zero attached hydrogens (tertiary/aromatic N) is 4. The standard InChI is InChI=1S/C12H19F3N6/c1-3-20-4-5-21(7-8(20)2)10-6-9(19-16)17-11(18-10)12(13,14)15/h6,8H,3-5,7,16H2,1-2H3,(H,17,18,19). The van der Waals surface area contributed by atoms with Crippen LogP contribution in [0.1, 0.15) is 19.7 Å². The van der Waals surface area contributed by atoms with Crippen LogP contribution < -0.4 is 16.2 Å². The largest absolute Gasteiger partial charge is 0.451 e. The first-order chi connectivity index (χ1) is 9.85. The fourth-order valence-corrected chi connectivity index (χ4v) is 2.47. The fraction of sp³-hybridized carbons (Fsp3) is 0.667. The molecule has 9 heteroatoms. The maximum atomic E-state index is 12.8. The van der Waals surface area contributed by atoms with E-state index in [2.05, 4.69) is 27.2 Å². The van der Waals surface area contributed by atoms with Crippen LogP contribution in [0.15, 0.2) is 6.07 Å². The maximum absolute atomic E-state index is 12.8. The van der Waals surface area contributed by atoms with Gasteiger partial charge in [-0.1, -0.05) is 6.92 Å². The Kier molecular flexibility index (Phi) is 4.52. The number of likely N-dealkylation sites (N-methyl/N-ethyl adjacent to an activating group) is 1. The summed E-state index contributed by atoms with van der Waals surface area (Å²) in [6.45, 7) is 7.05. The molecule has 0 spiro atoms. The van der Waals surface area contributed by atoms with Gasteiger partial charge in [0, 0.05) is 31.7 Å². The van der Waals surface area contributed by atoms with Crippen molar-refractivity contribution < 1.29 is 13.2 Å². The van der Waals surface area contributed by atoms with E-state index in [1.165, 1.54) is 6.07 Å². The van der Waals surface area contributed by atoms with Crippen molar-refractivity contribution in [3.8, 4) is 0 Å². The first-order valence-corrected chi connectivity index (χ1v) is 6.77. The Labute approximate surface area is 121 Å². The number of halogens is 3. The number of alkyl halides is 3. The van der Waals surface area contributed by atoms with Gasteiger partial charge >= 0.3 is 6.18 Å². The van der Waals surface area contributed by atoms with Crippen LogP contribution in [-0.4, -0.2) is 47.1 Å². The predicted octanol–water partition coefficient (Wildman–Crippen LogP) is 1.31. The Hall–Kier alpha value is -1.61. The topological polar surface area (TPSA) is 70.3 Å². The number of hydrazine groups is 1. The van der Waals surface area contributed by atoms with Crippen molar-refractivity contribution >= 4 is 11.6 Å². The maximum Gasteiger partial charge on any atom is 0.451 e. The van der Waals surface area contributed by atoms with Crippen LogP contribution >= 0.6 is 0 Å². The molecule has 2 rings (SSSR count). The average molecular weight is 304 g/mol. The molecule has 1 saturated heterocycles. The number of piperazine rings is 1. The summed E-state index contributed by atoms with van der Waals surface area (Å²) in [5.41, 5.74) is 2.16. The summed E-state index contributed by atoms with van der Waals surface area (Å²) in [5.74, 6) is 4.21. The number of anilines is 2. The summed E-state index contributed by atoms with van der Waals surface area (Å²) in [6, 6.07) is 1.69. The molecule has 118 valence electrons. The molecule has 21 heavy (non-hydrogen) atoms. The quantitative estimate of drug-likeness (QED) is 0.648. The van der Waals surface area contributed by atoms with E-state index in [0.717, 1.165) is 13.1 Å². The van der Waals surface area contributed by atoms with Crippen molar-refractivity contribution in [2.75, 3.05) is 36.5 Å². The van der Waals surface area contributed by atoms with Gasteiger partial charge in [-0.25, -0.2) is 15.8 Å². The molecule has 0 aliphatic carbocycles. The van der Waals surface area contributed by atoms with Crippen molar-refractivity contribution in [2.45, 2.75) is 26.1 Å². The third-order valence-electron chi connectivity index (χ3n) is 3.61. The number of nitrogens with two attached hydrogens (primary N) is 1. The summed E-state index contributed by atoms with van der Waals surface area (Å²) < 4.78 is 38.5. The Morgan fingerprint density at radius 2 is 2.10 bits per heavy atom. The van der Waals surface area contributed by atoms with Gasteiger partial charge in [0.2, 0.25) is 5.82 Å². The molecule has 1 fully saturated rings. The SMILES string of the molecule is CCN1CCN(c2cc(NN)nc(C(F)(F)F)n2)CC1C. The zero-order valence-electron chi connectivity index (χ0n) is 12.0. The van der Waals surface area contributed by atoms with Crippen LogP contribution in [0.3, 0.4) is 0 Å². The van der Waals surface area contributed by atoms with Crippen molar-refractivity contribution in [3.63, 3.8) is 0 Å². The minimum absolute atomic E-state index is 0.0436. The number of nitrogen functional groups attached to an aromatic ring is 1. The van der Waals surface area contributed by atoms with Gasteiger partial charge < -0.3 is 10.3 Å². The van der Waals surface area contributed by atoms with Crippen molar-refractivity contribution in [2.24, 2.45) is 5.84 Å². The van der Waals surface area contributed by atoms with Gasteiger partial charge in [-0.2, -0.15) is 13.2 Å². The molecule has 1 unspecified atom stereocenters. The van der Waals surface area contributed by atoms with E-state index in [0.29, 0.717) is 13.1 Å². The average Bonchev–Trinajstić information content (AvgIpc) is 2.45. The Morgan fingerprint density at radius 1 is 1.38 bits per heavy atom. The van der Waals surface area contributed by atoms with Gasteiger partial charge in [-0.3, -0.25) is 4.90 Å². The Morgan fingerprint density at radius 3 is 2.62 bits per heavy atom. The molecule has 1 aliphatic heterocycles. The molecule has 0 amide bonds. The van der Waals surface area contributed by atoms with Crippen LogP contribution in [-0.2, 0) is 6.18 Å². The van der Waals surface area contributed by atoms with Gasteiger partial charge in [0.15, 0.2) is 0 Å². The molecule has 0 aromatic carbocycles. The van der Waals surface area contributed by atoms with Gasteiger partial charge in [0.1, 0.15) is 11.6 Å². The normalized spacial score (nSPS) is 20.7. The molecule has 0 saturated carbocycles. The molecule has 1 aromatic heterocycles.